The van der Waals surface area contributed by atoms with Crippen LogP contribution in [0.3, 0.4) is 0 Å². The number of amides is 1. The Kier molecular flexibility index (Phi) is 3.80. The van der Waals surface area contributed by atoms with E-state index in [0.717, 1.165) is 0 Å². The third-order valence-corrected chi connectivity index (χ3v) is 2.98. The Morgan fingerprint density at radius 2 is 2.16 bits per heavy atom. The quantitative estimate of drug-likeness (QED) is 0.892. The molecule has 0 bridgehead atoms. The molecule has 0 saturated carbocycles. The molecule has 3 N–H and O–H groups in total. The van der Waals surface area contributed by atoms with E-state index in [1.54, 1.807) is 19.1 Å². The molecule has 19 heavy (non-hydrogen) atoms. The molecule has 1 aromatic heterocycles. The Morgan fingerprint density at radius 1 is 1.42 bits per heavy atom. The van der Waals surface area contributed by atoms with Crippen molar-refractivity contribution in [2.75, 3.05) is 11.1 Å². The number of benzene rings is 1. The van der Waals surface area contributed by atoms with Crippen molar-refractivity contribution in [1.29, 1.82) is 0 Å². The number of pyridine rings is 1. The van der Waals surface area contributed by atoms with Crippen molar-refractivity contribution in [3.63, 3.8) is 0 Å². The van der Waals surface area contributed by atoms with Crippen molar-refractivity contribution in [3.8, 4) is 0 Å². The summed E-state index contributed by atoms with van der Waals surface area (Å²) in [6.07, 6.45) is 1.51. The average molecular weight is 324 g/mol. The Hall–Kier alpha value is -1.95. The number of aryl methyl sites for hydroxylation is 1. The van der Waals surface area contributed by atoms with E-state index in [2.05, 4.69) is 26.2 Å². The number of nitrogens with two attached hydrogens (primary N) is 1. The number of nitrogen functional groups attached to an aromatic ring is 1. The van der Waals surface area contributed by atoms with Crippen molar-refractivity contribution in [3.05, 3.63) is 51.9 Å². The van der Waals surface area contributed by atoms with Gasteiger partial charge in [-0.25, -0.2) is 9.37 Å². The van der Waals surface area contributed by atoms with Gasteiger partial charge in [-0.15, -0.1) is 0 Å². The van der Waals surface area contributed by atoms with Crippen LogP contribution < -0.4 is 11.1 Å². The molecular weight excluding hydrogens is 313 g/mol. The lowest BCUT2D eigenvalue weighted by Crippen LogP contribution is -2.15. The fourth-order valence-corrected chi connectivity index (χ4v) is 1.88. The second-order valence-corrected chi connectivity index (χ2v) is 4.92. The number of rotatable bonds is 2. The lowest BCUT2D eigenvalue weighted by Gasteiger charge is -2.08. The van der Waals surface area contributed by atoms with Gasteiger partial charge in [0, 0.05) is 16.4 Å². The van der Waals surface area contributed by atoms with Crippen LogP contribution in [0.4, 0.5) is 15.9 Å². The molecule has 0 atom stereocenters. The van der Waals surface area contributed by atoms with Crippen LogP contribution in [0.2, 0.25) is 0 Å². The zero-order chi connectivity index (χ0) is 14.0. The molecule has 0 aliphatic carbocycles. The maximum atomic E-state index is 13.1. The van der Waals surface area contributed by atoms with Gasteiger partial charge in [0.25, 0.3) is 5.91 Å². The molecule has 2 aromatic rings. The first-order chi connectivity index (χ1) is 8.97. The van der Waals surface area contributed by atoms with Crippen molar-refractivity contribution >= 4 is 33.3 Å². The molecule has 6 heteroatoms. The summed E-state index contributed by atoms with van der Waals surface area (Å²) in [5.74, 6) is -0.571. The van der Waals surface area contributed by atoms with Gasteiger partial charge in [0.1, 0.15) is 11.6 Å². The summed E-state index contributed by atoms with van der Waals surface area (Å²) in [6.45, 7) is 1.63. The van der Waals surface area contributed by atoms with Gasteiger partial charge in [0.15, 0.2) is 0 Å². The maximum absolute atomic E-state index is 13.1. The molecule has 1 aromatic carbocycles. The molecule has 98 valence electrons. The molecular formula is C13H11BrFN3O. The van der Waals surface area contributed by atoms with E-state index in [-0.39, 0.29) is 17.2 Å². The topological polar surface area (TPSA) is 68.0 Å². The largest absolute Gasteiger partial charge is 0.383 e. The zero-order valence-electron chi connectivity index (χ0n) is 10.1. The normalized spacial score (nSPS) is 10.3. The Morgan fingerprint density at radius 3 is 2.84 bits per heavy atom. The number of carbonyl (C=O) groups is 1. The van der Waals surface area contributed by atoms with Crippen molar-refractivity contribution < 1.29 is 9.18 Å². The highest BCUT2D eigenvalue weighted by atomic mass is 79.9. The predicted octanol–water partition coefficient (Wildman–Crippen LogP) is 3.13. The number of anilines is 2. The number of carbonyl (C=O) groups excluding carboxylic acids is 1. The maximum Gasteiger partial charge on any atom is 0.259 e. The van der Waals surface area contributed by atoms with Gasteiger partial charge in [-0.1, -0.05) is 0 Å². The Labute approximate surface area is 118 Å². The van der Waals surface area contributed by atoms with Crippen LogP contribution in [0.25, 0.3) is 0 Å². The summed E-state index contributed by atoms with van der Waals surface area (Å²) < 4.78 is 13.8. The zero-order valence-corrected chi connectivity index (χ0v) is 11.7. The summed E-state index contributed by atoms with van der Waals surface area (Å²) in [6, 6.07) is 5.91. The third-order valence-electron chi connectivity index (χ3n) is 2.55. The summed E-state index contributed by atoms with van der Waals surface area (Å²) in [5.41, 5.74) is 6.87. The molecule has 0 unspecified atom stereocenters. The summed E-state index contributed by atoms with van der Waals surface area (Å²) in [7, 11) is 0. The van der Waals surface area contributed by atoms with Crippen molar-refractivity contribution in [2.45, 2.75) is 6.92 Å². The highest BCUT2D eigenvalue weighted by molar-refractivity contribution is 9.10. The number of nitrogens with zero attached hydrogens (tertiary/aromatic N) is 1. The van der Waals surface area contributed by atoms with E-state index in [1.165, 1.54) is 18.3 Å². The average Bonchev–Trinajstić information content (AvgIpc) is 2.36. The van der Waals surface area contributed by atoms with E-state index in [9.17, 15) is 9.18 Å². The minimum atomic E-state index is -0.391. The van der Waals surface area contributed by atoms with E-state index in [4.69, 9.17) is 5.73 Å². The van der Waals surface area contributed by atoms with Crippen LogP contribution in [0.5, 0.6) is 0 Å². The van der Waals surface area contributed by atoms with Crippen molar-refractivity contribution in [2.24, 2.45) is 0 Å². The molecule has 0 saturated heterocycles. The number of halogens is 2. The van der Waals surface area contributed by atoms with Gasteiger partial charge < -0.3 is 11.1 Å². The second-order valence-electron chi connectivity index (χ2n) is 4.00. The summed E-state index contributed by atoms with van der Waals surface area (Å²) in [5, 5.41) is 2.65. The molecule has 0 aliphatic rings. The van der Waals surface area contributed by atoms with E-state index < -0.39 is 5.91 Å². The van der Waals surface area contributed by atoms with Crippen LogP contribution in [0.1, 0.15) is 15.9 Å². The van der Waals surface area contributed by atoms with Gasteiger partial charge >= 0.3 is 0 Å². The minimum absolute atomic E-state index is 0.138. The smallest absolute Gasteiger partial charge is 0.259 e. The van der Waals surface area contributed by atoms with Crippen molar-refractivity contribution in [1.82, 2.24) is 4.98 Å². The number of nitrogens with one attached hydrogen (secondary N) is 1. The number of hydrogen-bond donors (Lipinski definition) is 2. The number of aromatic nitrogens is 1. The van der Waals surface area contributed by atoms with Gasteiger partial charge in [0.2, 0.25) is 0 Å². The monoisotopic (exact) mass is 323 g/mol. The highest BCUT2D eigenvalue weighted by Gasteiger charge is 2.12. The lowest BCUT2D eigenvalue weighted by atomic mass is 10.2. The Balaban J connectivity index is 2.25. The van der Waals surface area contributed by atoms with Gasteiger partial charge in [-0.3, -0.25) is 4.79 Å². The molecule has 2 rings (SSSR count). The van der Waals surface area contributed by atoms with Crippen LogP contribution >= 0.6 is 15.9 Å². The second kappa shape index (κ2) is 5.36. The fraction of sp³-hybridized carbons (Fsp3) is 0.0769. The van der Waals surface area contributed by atoms with Crippen LogP contribution in [0, 0.1) is 12.7 Å². The first kappa shape index (κ1) is 13.5. The van der Waals surface area contributed by atoms with Gasteiger partial charge in [-0.2, -0.15) is 0 Å². The van der Waals surface area contributed by atoms with Crippen LogP contribution in [-0.2, 0) is 0 Å². The van der Waals surface area contributed by atoms with E-state index in [0.29, 0.717) is 15.7 Å². The predicted molar refractivity (Wildman–Crippen MR) is 75.4 cm³/mol. The Bertz CT molecular complexity index is 646. The molecule has 0 fully saturated rings. The molecule has 0 aliphatic heterocycles. The minimum Gasteiger partial charge on any atom is -0.383 e. The first-order valence-corrected chi connectivity index (χ1v) is 6.25. The molecule has 1 amide bonds. The van der Waals surface area contributed by atoms with E-state index >= 15 is 0 Å². The lowest BCUT2D eigenvalue weighted by molar-refractivity contribution is 0.102. The van der Waals surface area contributed by atoms with E-state index in [1.807, 2.05) is 0 Å². The van der Waals surface area contributed by atoms with Crippen LogP contribution in [0.15, 0.2) is 34.9 Å². The fourth-order valence-electron chi connectivity index (χ4n) is 1.55. The van der Waals surface area contributed by atoms with Crippen LogP contribution in [-0.4, -0.2) is 10.9 Å². The molecule has 0 spiro atoms. The third kappa shape index (κ3) is 3.08. The molecule has 4 nitrogen and oxygen atoms in total. The van der Waals surface area contributed by atoms with Gasteiger partial charge in [0.05, 0.1) is 5.56 Å². The molecule has 1 heterocycles. The number of hydrogen-bond acceptors (Lipinski definition) is 3. The first-order valence-electron chi connectivity index (χ1n) is 5.46. The summed E-state index contributed by atoms with van der Waals surface area (Å²) >= 11 is 3.22. The summed E-state index contributed by atoms with van der Waals surface area (Å²) in [4.78, 5) is 15.9. The highest BCUT2D eigenvalue weighted by Crippen LogP contribution is 2.19. The molecule has 0 radical (unpaired) electrons. The SMILES string of the molecule is Cc1cc(NC(=O)c2cc(Br)cnc2N)ccc1F. The van der Waals surface area contributed by atoms with Gasteiger partial charge in [-0.05, 0) is 52.7 Å². The standard InChI is InChI=1S/C13H11BrFN3O/c1-7-4-9(2-3-11(7)15)18-13(19)10-5-8(14)6-17-12(10)16/h2-6H,1H3,(H2,16,17)(H,18,19).